The van der Waals surface area contributed by atoms with E-state index in [1.165, 1.54) is 0 Å². The lowest BCUT2D eigenvalue weighted by molar-refractivity contribution is -0.00387. The number of carbonyl (C=O) groups excluding carboxylic acids is 1. The Morgan fingerprint density at radius 1 is 1.36 bits per heavy atom. The molecule has 2 N–H and O–H groups in total. The Hall–Kier alpha value is -1.70. The summed E-state index contributed by atoms with van der Waals surface area (Å²) in [6, 6.07) is 1.77. The molecule has 0 aliphatic rings. The van der Waals surface area contributed by atoms with Crippen LogP contribution in [0, 0.1) is 0 Å². The first kappa shape index (κ1) is 18.3. The highest BCUT2D eigenvalue weighted by molar-refractivity contribution is 5.67. The van der Waals surface area contributed by atoms with Gasteiger partial charge in [0.1, 0.15) is 5.60 Å². The number of nitrogens with zero attached hydrogens (tertiary/aromatic N) is 2. The number of aryl methyl sites for hydroxylation is 1. The number of hydrogen-bond acceptors (Lipinski definition) is 4. The zero-order valence-electron chi connectivity index (χ0n) is 13.4. The van der Waals surface area contributed by atoms with Crippen LogP contribution in [0.1, 0.15) is 33.4 Å². The summed E-state index contributed by atoms with van der Waals surface area (Å²) in [5, 5.41) is 8.81. The Balaban J connectivity index is 2.33. The summed E-state index contributed by atoms with van der Waals surface area (Å²) in [5.74, 6) is -3.06. The third-order valence-corrected chi connectivity index (χ3v) is 2.68. The molecule has 0 atom stereocenters. The summed E-state index contributed by atoms with van der Waals surface area (Å²) >= 11 is 0. The smallest absolute Gasteiger partial charge is 0.407 e. The molecule has 0 saturated heterocycles. The number of carbonyl (C=O) groups is 1. The molecule has 1 aromatic heterocycles. The maximum absolute atomic E-state index is 13.7. The Morgan fingerprint density at radius 3 is 2.64 bits per heavy atom. The highest BCUT2D eigenvalue weighted by Gasteiger charge is 2.30. The number of alkyl carbamates (subject to hydrolysis) is 1. The molecule has 6 nitrogen and oxygen atoms in total. The number of nitrogens with one attached hydrogen (secondary N) is 2. The molecule has 126 valence electrons. The number of alkyl halides is 2. The van der Waals surface area contributed by atoms with Crippen LogP contribution in [0.2, 0.25) is 0 Å². The van der Waals surface area contributed by atoms with E-state index < -0.39 is 30.7 Å². The van der Waals surface area contributed by atoms with Crippen LogP contribution >= 0.6 is 0 Å². The molecule has 0 saturated carbocycles. The van der Waals surface area contributed by atoms with Crippen molar-refractivity contribution in [2.75, 3.05) is 13.1 Å². The molecule has 8 heteroatoms. The van der Waals surface area contributed by atoms with E-state index >= 15 is 0 Å². The molecule has 22 heavy (non-hydrogen) atoms. The number of rotatable bonds is 7. The monoisotopic (exact) mass is 318 g/mol. The largest absolute Gasteiger partial charge is 0.444 e. The number of amides is 1. The molecule has 0 radical (unpaired) electrons. The zero-order chi connectivity index (χ0) is 16.8. The third kappa shape index (κ3) is 6.84. The van der Waals surface area contributed by atoms with Gasteiger partial charge in [0.05, 0.1) is 18.8 Å². The minimum absolute atomic E-state index is 0.288. The Labute approximate surface area is 129 Å². The maximum atomic E-state index is 13.7. The van der Waals surface area contributed by atoms with Gasteiger partial charge in [-0.05, 0) is 33.8 Å². The number of aromatic nitrogens is 2. The van der Waals surface area contributed by atoms with Crippen LogP contribution < -0.4 is 10.6 Å². The average molecular weight is 318 g/mol. The number of halogens is 2. The lowest BCUT2D eigenvalue weighted by Crippen LogP contribution is -2.44. The SMILES string of the molecule is CCn1nccc1CNCC(F)(F)CNC(=O)OC(C)(C)C. The van der Waals surface area contributed by atoms with Gasteiger partial charge in [-0.3, -0.25) is 4.68 Å². The molecule has 1 heterocycles. The predicted octanol–water partition coefficient (Wildman–Crippen LogP) is 2.15. The van der Waals surface area contributed by atoms with Gasteiger partial charge in [0, 0.05) is 19.3 Å². The van der Waals surface area contributed by atoms with Crippen LogP contribution in [0.5, 0.6) is 0 Å². The topological polar surface area (TPSA) is 68.2 Å². The summed E-state index contributed by atoms with van der Waals surface area (Å²) in [6.07, 6.45) is 0.777. The Kier molecular flexibility index (Phi) is 6.28. The highest BCUT2D eigenvalue weighted by Crippen LogP contribution is 2.12. The van der Waals surface area contributed by atoms with Crippen LogP contribution in [-0.2, 0) is 17.8 Å². The van der Waals surface area contributed by atoms with Gasteiger partial charge in [-0.15, -0.1) is 0 Å². The second-order valence-electron chi connectivity index (χ2n) is 5.95. The van der Waals surface area contributed by atoms with E-state index in [0.717, 1.165) is 5.69 Å². The van der Waals surface area contributed by atoms with Gasteiger partial charge < -0.3 is 15.4 Å². The number of ether oxygens (including phenoxy) is 1. The van der Waals surface area contributed by atoms with Crippen LogP contribution in [0.25, 0.3) is 0 Å². The summed E-state index contributed by atoms with van der Waals surface area (Å²) in [5.41, 5.74) is 0.120. The van der Waals surface area contributed by atoms with E-state index in [9.17, 15) is 13.6 Å². The molecular weight excluding hydrogens is 294 g/mol. The third-order valence-electron chi connectivity index (χ3n) is 2.68. The fraction of sp³-hybridized carbons (Fsp3) is 0.714. The maximum Gasteiger partial charge on any atom is 0.407 e. The molecule has 0 aliphatic heterocycles. The summed E-state index contributed by atoms with van der Waals surface area (Å²) < 4.78 is 34.0. The highest BCUT2D eigenvalue weighted by atomic mass is 19.3. The van der Waals surface area contributed by atoms with Crippen molar-refractivity contribution in [3.63, 3.8) is 0 Å². The lowest BCUT2D eigenvalue weighted by atomic mass is 10.2. The summed E-state index contributed by atoms with van der Waals surface area (Å²) in [6.45, 7) is 6.58. The van der Waals surface area contributed by atoms with Crippen molar-refractivity contribution in [1.82, 2.24) is 20.4 Å². The first-order valence-electron chi connectivity index (χ1n) is 7.19. The molecule has 0 spiro atoms. The molecule has 0 aromatic carbocycles. The van der Waals surface area contributed by atoms with Crippen molar-refractivity contribution >= 4 is 6.09 Å². The minimum atomic E-state index is -3.06. The van der Waals surface area contributed by atoms with Gasteiger partial charge in [-0.2, -0.15) is 5.10 Å². The van der Waals surface area contributed by atoms with Gasteiger partial charge >= 0.3 is 6.09 Å². The fourth-order valence-corrected chi connectivity index (χ4v) is 1.75. The van der Waals surface area contributed by atoms with Crippen molar-refractivity contribution in [2.24, 2.45) is 0 Å². The molecule has 0 unspecified atom stereocenters. The number of hydrogen-bond donors (Lipinski definition) is 2. The lowest BCUT2D eigenvalue weighted by Gasteiger charge is -2.22. The standard InChI is InChI=1S/C14H24F2N4O2/c1-5-20-11(6-7-19-20)8-17-9-14(15,16)10-18-12(21)22-13(2,3)4/h6-7,17H,5,8-10H2,1-4H3,(H,18,21). The quantitative estimate of drug-likeness (QED) is 0.808. The van der Waals surface area contributed by atoms with Gasteiger partial charge in [0.15, 0.2) is 0 Å². The van der Waals surface area contributed by atoms with Gasteiger partial charge in [-0.1, -0.05) is 0 Å². The molecule has 1 aromatic rings. The van der Waals surface area contributed by atoms with E-state index in [0.29, 0.717) is 6.54 Å². The van der Waals surface area contributed by atoms with E-state index in [4.69, 9.17) is 4.74 Å². The first-order valence-corrected chi connectivity index (χ1v) is 7.19. The van der Waals surface area contributed by atoms with Crippen LogP contribution in [-0.4, -0.2) is 40.5 Å². The Morgan fingerprint density at radius 2 is 2.05 bits per heavy atom. The second kappa shape index (κ2) is 7.53. The van der Waals surface area contributed by atoms with Crippen molar-refractivity contribution in [3.05, 3.63) is 18.0 Å². The molecule has 0 fully saturated rings. The van der Waals surface area contributed by atoms with Crippen molar-refractivity contribution in [2.45, 2.75) is 52.3 Å². The zero-order valence-corrected chi connectivity index (χ0v) is 13.4. The van der Waals surface area contributed by atoms with Crippen LogP contribution in [0.4, 0.5) is 13.6 Å². The van der Waals surface area contributed by atoms with E-state index in [2.05, 4.69) is 15.7 Å². The van der Waals surface area contributed by atoms with Crippen LogP contribution in [0.3, 0.4) is 0 Å². The van der Waals surface area contributed by atoms with Gasteiger partial charge in [-0.25, -0.2) is 13.6 Å². The second-order valence-corrected chi connectivity index (χ2v) is 5.95. The fourth-order valence-electron chi connectivity index (χ4n) is 1.75. The van der Waals surface area contributed by atoms with E-state index in [-0.39, 0.29) is 6.54 Å². The van der Waals surface area contributed by atoms with Crippen LogP contribution in [0.15, 0.2) is 12.3 Å². The van der Waals surface area contributed by atoms with E-state index in [1.807, 2.05) is 6.92 Å². The molecule has 1 amide bonds. The summed E-state index contributed by atoms with van der Waals surface area (Å²) in [7, 11) is 0. The van der Waals surface area contributed by atoms with Gasteiger partial charge in [0.25, 0.3) is 5.92 Å². The van der Waals surface area contributed by atoms with Gasteiger partial charge in [0.2, 0.25) is 0 Å². The Bertz CT molecular complexity index is 483. The van der Waals surface area contributed by atoms with Crippen molar-refractivity contribution < 1.29 is 18.3 Å². The van der Waals surface area contributed by atoms with Crippen molar-refractivity contribution in [3.8, 4) is 0 Å². The average Bonchev–Trinajstić information content (AvgIpc) is 2.82. The molecule has 1 rings (SSSR count). The summed E-state index contributed by atoms with van der Waals surface area (Å²) in [4.78, 5) is 11.4. The molecule has 0 bridgehead atoms. The normalized spacial score (nSPS) is 12.3. The van der Waals surface area contributed by atoms with Crippen molar-refractivity contribution in [1.29, 1.82) is 0 Å². The molecular formula is C14H24F2N4O2. The molecule has 0 aliphatic carbocycles. The predicted molar refractivity (Wildman–Crippen MR) is 78.8 cm³/mol. The first-order chi connectivity index (χ1) is 10.1. The van der Waals surface area contributed by atoms with E-state index in [1.54, 1.807) is 37.7 Å². The minimum Gasteiger partial charge on any atom is -0.444 e.